The van der Waals surface area contributed by atoms with Crippen molar-refractivity contribution < 1.29 is 14.7 Å². The number of benzene rings is 1. The number of amides is 1. The van der Waals surface area contributed by atoms with E-state index in [9.17, 15) is 9.59 Å². The number of anilines is 1. The fourth-order valence-corrected chi connectivity index (χ4v) is 1.95. The van der Waals surface area contributed by atoms with Crippen LogP contribution in [0.25, 0.3) is 0 Å². The Bertz CT molecular complexity index is 451. The zero-order valence-corrected chi connectivity index (χ0v) is 12.4. The van der Waals surface area contributed by atoms with E-state index in [4.69, 9.17) is 5.11 Å². The minimum atomic E-state index is -0.810. The lowest BCUT2D eigenvalue weighted by molar-refractivity contribution is -0.137. The van der Waals surface area contributed by atoms with Crippen molar-refractivity contribution in [2.24, 2.45) is 0 Å². The van der Waals surface area contributed by atoms with E-state index in [1.807, 2.05) is 24.3 Å². The predicted molar refractivity (Wildman–Crippen MR) is 80.0 cm³/mol. The zero-order valence-electron chi connectivity index (χ0n) is 12.4. The molecule has 0 atom stereocenters. The second-order valence-electron chi connectivity index (χ2n) is 5.30. The van der Waals surface area contributed by atoms with Crippen LogP contribution in [-0.2, 0) is 9.59 Å². The molecule has 0 saturated carbocycles. The summed E-state index contributed by atoms with van der Waals surface area (Å²) in [7, 11) is 1.75. The minimum absolute atomic E-state index is 0.0210. The van der Waals surface area contributed by atoms with Crippen LogP contribution >= 0.6 is 0 Å². The third-order valence-electron chi connectivity index (χ3n) is 3.35. The molecule has 110 valence electrons. The largest absolute Gasteiger partial charge is 0.481 e. The van der Waals surface area contributed by atoms with E-state index in [1.165, 1.54) is 5.56 Å². The lowest BCUT2D eigenvalue weighted by Gasteiger charge is -2.18. The number of unbranched alkanes of at least 4 members (excludes halogenated alkanes) is 1. The lowest BCUT2D eigenvalue weighted by atomic mass is 10.0. The number of hydrogen-bond acceptors (Lipinski definition) is 2. The van der Waals surface area contributed by atoms with Gasteiger partial charge >= 0.3 is 5.97 Å². The molecule has 0 bridgehead atoms. The topological polar surface area (TPSA) is 57.6 Å². The molecule has 0 fully saturated rings. The molecule has 4 heteroatoms. The SMILES string of the molecule is CC(C)c1ccc(N(C)C(=O)CCCCC(=O)O)cc1. The van der Waals surface area contributed by atoms with Crippen LogP contribution in [0.1, 0.15) is 51.0 Å². The molecule has 0 aliphatic heterocycles. The van der Waals surface area contributed by atoms with Crippen LogP contribution in [-0.4, -0.2) is 24.0 Å². The van der Waals surface area contributed by atoms with Crippen LogP contribution in [0.15, 0.2) is 24.3 Å². The first-order valence-electron chi connectivity index (χ1n) is 7.00. The number of aliphatic carboxylic acids is 1. The molecule has 1 aromatic rings. The zero-order chi connectivity index (χ0) is 15.1. The van der Waals surface area contributed by atoms with Gasteiger partial charge in [-0.15, -0.1) is 0 Å². The highest BCUT2D eigenvalue weighted by atomic mass is 16.4. The van der Waals surface area contributed by atoms with Crippen molar-refractivity contribution >= 4 is 17.6 Å². The van der Waals surface area contributed by atoms with E-state index in [2.05, 4.69) is 13.8 Å². The van der Waals surface area contributed by atoms with Crippen molar-refractivity contribution in [3.05, 3.63) is 29.8 Å². The van der Waals surface area contributed by atoms with Gasteiger partial charge in [0.1, 0.15) is 0 Å². The molecule has 1 rings (SSSR count). The average molecular weight is 277 g/mol. The summed E-state index contributed by atoms with van der Waals surface area (Å²) in [6.45, 7) is 4.26. The van der Waals surface area contributed by atoms with Crippen LogP contribution in [0.4, 0.5) is 5.69 Å². The fourth-order valence-electron chi connectivity index (χ4n) is 1.95. The van der Waals surface area contributed by atoms with Gasteiger partial charge in [-0.3, -0.25) is 9.59 Å². The highest BCUT2D eigenvalue weighted by Crippen LogP contribution is 2.20. The van der Waals surface area contributed by atoms with Crippen LogP contribution < -0.4 is 4.90 Å². The monoisotopic (exact) mass is 277 g/mol. The summed E-state index contributed by atoms with van der Waals surface area (Å²) in [5, 5.41) is 8.54. The summed E-state index contributed by atoms with van der Waals surface area (Å²) in [6.07, 6.45) is 1.66. The van der Waals surface area contributed by atoms with Crippen molar-refractivity contribution in [3.63, 3.8) is 0 Å². The van der Waals surface area contributed by atoms with Gasteiger partial charge in [-0.05, 0) is 36.5 Å². The van der Waals surface area contributed by atoms with Gasteiger partial charge in [0.2, 0.25) is 5.91 Å². The lowest BCUT2D eigenvalue weighted by Crippen LogP contribution is -2.25. The minimum Gasteiger partial charge on any atom is -0.481 e. The van der Waals surface area contributed by atoms with Gasteiger partial charge in [0.25, 0.3) is 0 Å². The second-order valence-corrected chi connectivity index (χ2v) is 5.30. The predicted octanol–water partition coefficient (Wildman–Crippen LogP) is 3.42. The molecule has 1 aromatic carbocycles. The molecule has 0 spiro atoms. The van der Waals surface area contributed by atoms with E-state index in [-0.39, 0.29) is 12.3 Å². The van der Waals surface area contributed by atoms with E-state index < -0.39 is 5.97 Å². The van der Waals surface area contributed by atoms with Crippen molar-refractivity contribution in [3.8, 4) is 0 Å². The summed E-state index contributed by atoms with van der Waals surface area (Å²) in [4.78, 5) is 24.0. The molecule has 1 amide bonds. The van der Waals surface area contributed by atoms with E-state index >= 15 is 0 Å². The van der Waals surface area contributed by atoms with E-state index in [0.717, 1.165) is 5.69 Å². The first-order valence-corrected chi connectivity index (χ1v) is 7.00. The third kappa shape index (κ3) is 5.03. The maximum Gasteiger partial charge on any atom is 0.303 e. The molecule has 20 heavy (non-hydrogen) atoms. The number of carbonyl (C=O) groups is 2. The summed E-state index contributed by atoms with van der Waals surface area (Å²) in [6, 6.07) is 7.97. The van der Waals surface area contributed by atoms with E-state index in [1.54, 1.807) is 11.9 Å². The quantitative estimate of drug-likeness (QED) is 0.777. The molecule has 0 aliphatic rings. The molecular weight excluding hydrogens is 254 g/mol. The molecule has 0 radical (unpaired) electrons. The normalized spacial score (nSPS) is 10.6. The standard InChI is InChI=1S/C16H23NO3/c1-12(2)13-8-10-14(11-9-13)17(3)15(18)6-4-5-7-16(19)20/h8-12H,4-7H2,1-3H3,(H,19,20). The number of carboxylic acid groups (broad SMARTS) is 1. The Balaban J connectivity index is 2.49. The number of rotatable bonds is 7. The molecular formula is C16H23NO3. The van der Waals surface area contributed by atoms with Crippen LogP contribution in [0.2, 0.25) is 0 Å². The molecule has 0 saturated heterocycles. The summed E-state index contributed by atoms with van der Waals surface area (Å²) < 4.78 is 0. The maximum atomic E-state index is 12.0. The Morgan fingerprint density at radius 3 is 2.15 bits per heavy atom. The summed E-state index contributed by atoms with van der Waals surface area (Å²) in [5.74, 6) is -0.316. The summed E-state index contributed by atoms with van der Waals surface area (Å²) in [5.41, 5.74) is 2.12. The Labute approximate surface area is 120 Å². The molecule has 0 aliphatic carbocycles. The Kier molecular flexibility index (Phi) is 6.22. The number of carboxylic acids is 1. The highest BCUT2D eigenvalue weighted by molar-refractivity contribution is 5.92. The Hall–Kier alpha value is -1.84. The van der Waals surface area contributed by atoms with Crippen molar-refractivity contribution in [1.29, 1.82) is 0 Å². The van der Waals surface area contributed by atoms with Gasteiger partial charge in [-0.2, -0.15) is 0 Å². The molecule has 0 aromatic heterocycles. The van der Waals surface area contributed by atoms with Crippen molar-refractivity contribution in [2.75, 3.05) is 11.9 Å². The van der Waals surface area contributed by atoms with E-state index in [0.29, 0.717) is 25.2 Å². The molecule has 1 N–H and O–H groups in total. The van der Waals surface area contributed by atoms with Gasteiger partial charge < -0.3 is 10.0 Å². The van der Waals surface area contributed by atoms with Gasteiger partial charge in [-0.25, -0.2) is 0 Å². The van der Waals surface area contributed by atoms with Gasteiger partial charge in [0.15, 0.2) is 0 Å². The number of carbonyl (C=O) groups excluding carboxylic acids is 1. The second kappa shape index (κ2) is 7.68. The molecule has 0 unspecified atom stereocenters. The average Bonchev–Trinajstić information content (AvgIpc) is 2.42. The third-order valence-corrected chi connectivity index (χ3v) is 3.35. The Morgan fingerprint density at radius 2 is 1.65 bits per heavy atom. The smallest absolute Gasteiger partial charge is 0.303 e. The molecule has 4 nitrogen and oxygen atoms in total. The van der Waals surface area contributed by atoms with Crippen molar-refractivity contribution in [2.45, 2.75) is 45.4 Å². The number of hydrogen-bond donors (Lipinski definition) is 1. The fraction of sp³-hybridized carbons (Fsp3) is 0.500. The summed E-state index contributed by atoms with van der Waals surface area (Å²) >= 11 is 0. The first-order chi connectivity index (χ1) is 9.41. The number of nitrogens with zero attached hydrogens (tertiary/aromatic N) is 1. The van der Waals surface area contributed by atoms with Crippen LogP contribution in [0, 0.1) is 0 Å². The van der Waals surface area contributed by atoms with Gasteiger partial charge in [0.05, 0.1) is 0 Å². The van der Waals surface area contributed by atoms with Crippen LogP contribution in [0.5, 0.6) is 0 Å². The van der Waals surface area contributed by atoms with Gasteiger partial charge in [-0.1, -0.05) is 26.0 Å². The first kappa shape index (κ1) is 16.2. The Morgan fingerprint density at radius 1 is 1.10 bits per heavy atom. The van der Waals surface area contributed by atoms with Crippen molar-refractivity contribution in [1.82, 2.24) is 0 Å². The van der Waals surface area contributed by atoms with Gasteiger partial charge in [0, 0.05) is 25.6 Å². The maximum absolute atomic E-state index is 12.0. The molecule has 0 heterocycles. The van der Waals surface area contributed by atoms with Crippen LogP contribution in [0.3, 0.4) is 0 Å². The highest BCUT2D eigenvalue weighted by Gasteiger charge is 2.11.